The van der Waals surface area contributed by atoms with Gasteiger partial charge in [0, 0.05) is 0 Å². The highest BCUT2D eigenvalue weighted by atomic mass is 35.5. The minimum Gasteiger partial charge on any atom is -0.468 e. The monoisotopic (exact) mass is 287 g/mol. The summed E-state index contributed by atoms with van der Waals surface area (Å²) >= 11 is 0. The largest absolute Gasteiger partial charge is 0.468 e. The molecule has 8 heteroatoms. The molecule has 0 heterocycles. The number of ether oxygens (including phenoxy) is 1. The Hall–Kier alpha value is -1.34. The maximum absolute atomic E-state index is 12.9. The minimum absolute atomic E-state index is 0. The van der Waals surface area contributed by atoms with Crippen LogP contribution in [0.5, 0.6) is 0 Å². The number of alkyl halides is 3. The summed E-state index contributed by atoms with van der Waals surface area (Å²) in [5, 5.41) is 0. The van der Waals surface area contributed by atoms with Gasteiger partial charge in [0.2, 0.25) is 0 Å². The Labute approximate surface area is 106 Å². The average Bonchev–Trinajstić information content (AvgIpc) is 2.25. The van der Waals surface area contributed by atoms with Crippen LogP contribution in [0.3, 0.4) is 0 Å². The van der Waals surface area contributed by atoms with Crippen molar-refractivity contribution >= 4 is 18.4 Å². The van der Waals surface area contributed by atoms with Crippen LogP contribution < -0.4 is 5.73 Å². The first-order chi connectivity index (χ1) is 7.77. The number of esters is 1. The lowest BCUT2D eigenvalue weighted by Crippen LogP contribution is -2.26. The van der Waals surface area contributed by atoms with Gasteiger partial charge in [-0.2, -0.15) is 13.2 Å². The van der Waals surface area contributed by atoms with E-state index in [2.05, 4.69) is 4.74 Å². The Morgan fingerprint density at radius 1 is 1.39 bits per heavy atom. The predicted octanol–water partition coefficient (Wildman–Crippen LogP) is 2.44. The molecule has 0 aliphatic heterocycles. The van der Waals surface area contributed by atoms with Gasteiger partial charge >= 0.3 is 12.1 Å². The molecule has 0 fully saturated rings. The molecule has 1 rings (SSSR count). The molecule has 1 aromatic rings. The average molecular weight is 288 g/mol. The third-order valence-corrected chi connectivity index (χ3v) is 2.11. The standard InChI is InChI=1S/C10H9F4NO2.ClH/c1-17-9(16)8(15)6-4-5(11)2-3-7(6)10(12,13)14;/h2-4,8H,15H2,1H3;1H. The van der Waals surface area contributed by atoms with Crippen molar-refractivity contribution in [2.75, 3.05) is 7.11 Å². The molecule has 0 amide bonds. The van der Waals surface area contributed by atoms with Crippen LogP contribution in [0.1, 0.15) is 17.2 Å². The van der Waals surface area contributed by atoms with Gasteiger partial charge in [-0.05, 0) is 23.8 Å². The van der Waals surface area contributed by atoms with Gasteiger partial charge in [0.15, 0.2) is 0 Å². The zero-order valence-corrected chi connectivity index (χ0v) is 9.94. The molecule has 3 nitrogen and oxygen atoms in total. The van der Waals surface area contributed by atoms with Crippen molar-refractivity contribution in [3.8, 4) is 0 Å². The van der Waals surface area contributed by atoms with Gasteiger partial charge in [-0.15, -0.1) is 12.4 Å². The van der Waals surface area contributed by atoms with Gasteiger partial charge in [0.05, 0.1) is 12.7 Å². The van der Waals surface area contributed by atoms with Crippen LogP contribution in [0.25, 0.3) is 0 Å². The van der Waals surface area contributed by atoms with Crippen molar-refractivity contribution in [2.24, 2.45) is 5.73 Å². The number of halogens is 5. The highest BCUT2D eigenvalue weighted by Gasteiger charge is 2.36. The lowest BCUT2D eigenvalue weighted by Gasteiger charge is -2.16. The summed E-state index contributed by atoms with van der Waals surface area (Å²) in [5.41, 5.74) is 3.47. The highest BCUT2D eigenvalue weighted by molar-refractivity contribution is 5.85. The van der Waals surface area contributed by atoms with Crippen LogP contribution in [0.15, 0.2) is 18.2 Å². The zero-order chi connectivity index (χ0) is 13.2. The van der Waals surface area contributed by atoms with Gasteiger partial charge in [0.1, 0.15) is 11.9 Å². The Balaban J connectivity index is 0.00000289. The molecule has 0 aromatic heterocycles. The highest BCUT2D eigenvalue weighted by Crippen LogP contribution is 2.34. The van der Waals surface area contributed by atoms with Crippen LogP contribution in [0.4, 0.5) is 17.6 Å². The molecule has 0 aliphatic carbocycles. The second-order valence-electron chi connectivity index (χ2n) is 3.23. The van der Waals surface area contributed by atoms with Gasteiger partial charge < -0.3 is 10.5 Å². The third-order valence-electron chi connectivity index (χ3n) is 2.11. The summed E-state index contributed by atoms with van der Waals surface area (Å²) in [7, 11) is 0.981. The molecular formula is C10H10ClF4NO2. The van der Waals surface area contributed by atoms with Crippen LogP contribution in [0.2, 0.25) is 0 Å². The molecule has 0 bridgehead atoms. The fraction of sp³-hybridized carbons (Fsp3) is 0.300. The predicted molar refractivity (Wildman–Crippen MR) is 57.6 cm³/mol. The molecular weight excluding hydrogens is 278 g/mol. The second-order valence-corrected chi connectivity index (χ2v) is 3.23. The van der Waals surface area contributed by atoms with Crippen molar-refractivity contribution < 1.29 is 27.1 Å². The molecule has 1 aromatic carbocycles. The molecule has 0 aliphatic rings. The Morgan fingerprint density at radius 2 is 1.94 bits per heavy atom. The SMILES string of the molecule is COC(=O)C(N)c1cc(F)ccc1C(F)(F)F.Cl. The maximum atomic E-state index is 12.9. The fourth-order valence-electron chi connectivity index (χ4n) is 1.30. The molecule has 1 atom stereocenters. The lowest BCUT2D eigenvalue weighted by molar-refractivity contribution is -0.144. The maximum Gasteiger partial charge on any atom is 0.416 e. The van der Waals surface area contributed by atoms with E-state index in [-0.39, 0.29) is 12.4 Å². The molecule has 0 saturated carbocycles. The number of methoxy groups -OCH3 is 1. The van der Waals surface area contributed by atoms with Gasteiger partial charge in [0.25, 0.3) is 0 Å². The van der Waals surface area contributed by atoms with Gasteiger partial charge in [-0.3, -0.25) is 4.79 Å². The topological polar surface area (TPSA) is 52.3 Å². The molecule has 18 heavy (non-hydrogen) atoms. The first kappa shape index (κ1) is 16.7. The first-order valence-electron chi connectivity index (χ1n) is 4.47. The van der Waals surface area contributed by atoms with E-state index in [0.29, 0.717) is 18.2 Å². The molecule has 0 radical (unpaired) electrons. The molecule has 0 saturated heterocycles. The van der Waals surface area contributed by atoms with E-state index in [9.17, 15) is 22.4 Å². The number of hydrogen-bond acceptors (Lipinski definition) is 3. The smallest absolute Gasteiger partial charge is 0.416 e. The van der Waals surface area contributed by atoms with E-state index < -0.39 is 35.1 Å². The van der Waals surface area contributed by atoms with E-state index >= 15 is 0 Å². The second kappa shape index (κ2) is 6.01. The van der Waals surface area contributed by atoms with E-state index in [0.717, 1.165) is 7.11 Å². The summed E-state index contributed by atoms with van der Waals surface area (Å²) in [6, 6.07) is 0.0844. The van der Waals surface area contributed by atoms with Crippen LogP contribution in [-0.2, 0) is 15.7 Å². The quantitative estimate of drug-likeness (QED) is 0.671. The summed E-state index contributed by atoms with van der Waals surface area (Å²) in [5.74, 6) is -1.98. The van der Waals surface area contributed by atoms with E-state index in [1.807, 2.05) is 0 Å². The number of hydrogen-bond donors (Lipinski definition) is 1. The lowest BCUT2D eigenvalue weighted by atomic mass is 10.0. The first-order valence-corrected chi connectivity index (χ1v) is 4.47. The molecule has 2 N–H and O–H groups in total. The van der Waals surface area contributed by atoms with E-state index in [1.165, 1.54) is 0 Å². The van der Waals surface area contributed by atoms with Crippen molar-refractivity contribution in [1.29, 1.82) is 0 Å². The van der Waals surface area contributed by atoms with Crippen LogP contribution >= 0.6 is 12.4 Å². The minimum atomic E-state index is -4.71. The zero-order valence-electron chi connectivity index (χ0n) is 9.12. The number of rotatable bonds is 2. The van der Waals surface area contributed by atoms with Gasteiger partial charge in [-0.1, -0.05) is 0 Å². The number of nitrogens with two attached hydrogens (primary N) is 1. The normalized spacial score (nSPS) is 12.6. The third kappa shape index (κ3) is 3.58. The summed E-state index contributed by atoms with van der Waals surface area (Å²) in [6.07, 6.45) is -4.71. The Morgan fingerprint density at radius 3 is 2.39 bits per heavy atom. The van der Waals surface area contributed by atoms with E-state index in [1.54, 1.807) is 0 Å². The van der Waals surface area contributed by atoms with Crippen LogP contribution in [0, 0.1) is 5.82 Å². The summed E-state index contributed by atoms with van der Waals surface area (Å²) in [4.78, 5) is 11.1. The van der Waals surface area contributed by atoms with Crippen molar-refractivity contribution in [2.45, 2.75) is 12.2 Å². The van der Waals surface area contributed by atoms with Crippen molar-refractivity contribution in [3.05, 3.63) is 35.1 Å². The van der Waals surface area contributed by atoms with Gasteiger partial charge in [-0.25, -0.2) is 4.39 Å². The Bertz CT molecular complexity index is 436. The number of carbonyl (C=O) groups excluding carboxylic acids is 1. The Kier molecular flexibility index (Phi) is 5.56. The van der Waals surface area contributed by atoms with Crippen molar-refractivity contribution in [1.82, 2.24) is 0 Å². The molecule has 102 valence electrons. The molecule has 0 spiro atoms. The van der Waals surface area contributed by atoms with E-state index in [4.69, 9.17) is 5.73 Å². The molecule has 1 unspecified atom stereocenters. The summed E-state index contributed by atoms with van der Waals surface area (Å²) in [6.45, 7) is 0. The van der Waals surface area contributed by atoms with Crippen LogP contribution in [-0.4, -0.2) is 13.1 Å². The fourth-order valence-corrected chi connectivity index (χ4v) is 1.30. The number of benzene rings is 1. The van der Waals surface area contributed by atoms with Crippen molar-refractivity contribution in [3.63, 3.8) is 0 Å². The number of carbonyl (C=O) groups is 1. The summed E-state index contributed by atoms with van der Waals surface area (Å²) < 4.78 is 54.8.